The number of halogens is 1. The Morgan fingerprint density at radius 2 is 2.15 bits per heavy atom. The van der Waals surface area contributed by atoms with E-state index in [2.05, 4.69) is 10.3 Å². The van der Waals surface area contributed by atoms with Crippen LogP contribution in [-0.4, -0.2) is 42.7 Å². The monoisotopic (exact) mass is 408 g/mol. The van der Waals surface area contributed by atoms with E-state index in [9.17, 15) is 13.2 Å². The molecular weight excluding hydrogens is 388 g/mol. The van der Waals surface area contributed by atoms with Crippen LogP contribution >= 0.6 is 11.6 Å². The topological polar surface area (TPSA) is 105 Å². The van der Waals surface area contributed by atoms with Gasteiger partial charge in [-0.2, -0.15) is 4.31 Å². The number of piperidine rings is 1. The number of benzene rings is 1. The molecule has 0 aliphatic carbocycles. The second-order valence-electron chi connectivity index (χ2n) is 6.34. The Morgan fingerprint density at radius 1 is 1.33 bits per heavy atom. The lowest BCUT2D eigenvalue weighted by Crippen LogP contribution is -2.49. The molecule has 1 atom stereocenters. The molecule has 1 aliphatic rings. The SMILES string of the molecule is NCc1c(Cl)cccc1S(=O)(=O)N1CCC[C@H](NC(=O)c2cccnc2)C1. The Hall–Kier alpha value is -2.00. The number of rotatable bonds is 5. The van der Waals surface area contributed by atoms with Gasteiger partial charge in [0.05, 0.1) is 10.5 Å². The van der Waals surface area contributed by atoms with Crippen LogP contribution in [0.3, 0.4) is 0 Å². The normalized spacial score (nSPS) is 18.2. The molecule has 1 aromatic heterocycles. The van der Waals surface area contributed by atoms with Crippen molar-refractivity contribution in [1.29, 1.82) is 0 Å². The third-order valence-electron chi connectivity index (χ3n) is 4.54. The van der Waals surface area contributed by atoms with Gasteiger partial charge in [-0.05, 0) is 37.1 Å². The number of carbonyl (C=O) groups is 1. The largest absolute Gasteiger partial charge is 0.348 e. The van der Waals surface area contributed by atoms with E-state index in [1.54, 1.807) is 30.5 Å². The van der Waals surface area contributed by atoms with Crippen molar-refractivity contribution in [3.05, 3.63) is 58.9 Å². The van der Waals surface area contributed by atoms with Crippen LogP contribution < -0.4 is 11.1 Å². The molecule has 1 aliphatic heterocycles. The van der Waals surface area contributed by atoms with Gasteiger partial charge in [0.25, 0.3) is 5.91 Å². The number of hydrogen-bond donors (Lipinski definition) is 2. The van der Waals surface area contributed by atoms with Gasteiger partial charge in [0, 0.05) is 48.7 Å². The summed E-state index contributed by atoms with van der Waals surface area (Å²) in [7, 11) is -3.76. The van der Waals surface area contributed by atoms with Crippen LogP contribution in [0.25, 0.3) is 0 Å². The fourth-order valence-corrected chi connectivity index (χ4v) is 5.25. The highest BCUT2D eigenvalue weighted by atomic mass is 35.5. The maximum absolute atomic E-state index is 13.1. The zero-order valence-corrected chi connectivity index (χ0v) is 16.2. The molecule has 0 bridgehead atoms. The van der Waals surface area contributed by atoms with Gasteiger partial charge in [-0.3, -0.25) is 9.78 Å². The van der Waals surface area contributed by atoms with E-state index in [1.807, 2.05) is 0 Å². The first-order valence-corrected chi connectivity index (χ1v) is 10.4. The Morgan fingerprint density at radius 3 is 2.85 bits per heavy atom. The maximum Gasteiger partial charge on any atom is 0.253 e. The van der Waals surface area contributed by atoms with Crippen molar-refractivity contribution in [3.63, 3.8) is 0 Å². The summed E-state index contributed by atoms with van der Waals surface area (Å²) < 4.78 is 27.6. The highest BCUT2D eigenvalue weighted by Crippen LogP contribution is 2.28. The Balaban J connectivity index is 1.78. The molecule has 2 aromatic rings. The standard InChI is InChI=1S/C18H21ClN4O3S/c19-16-6-1-7-17(15(16)10-20)27(25,26)23-9-3-5-14(12-23)22-18(24)13-4-2-8-21-11-13/h1-2,4,6-8,11,14H,3,5,9-10,12,20H2,(H,22,24)/t14-/m0/s1. The van der Waals surface area contributed by atoms with Crippen molar-refractivity contribution < 1.29 is 13.2 Å². The van der Waals surface area contributed by atoms with Crippen molar-refractivity contribution in [2.45, 2.75) is 30.3 Å². The molecule has 1 saturated heterocycles. The summed E-state index contributed by atoms with van der Waals surface area (Å²) in [4.78, 5) is 16.4. The molecule has 3 rings (SSSR count). The number of nitrogens with two attached hydrogens (primary N) is 1. The number of nitrogens with one attached hydrogen (secondary N) is 1. The average Bonchev–Trinajstić information content (AvgIpc) is 2.68. The minimum Gasteiger partial charge on any atom is -0.348 e. The van der Waals surface area contributed by atoms with E-state index < -0.39 is 10.0 Å². The number of carbonyl (C=O) groups excluding carboxylic acids is 1. The molecule has 0 radical (unpaired) electrons. The summed E-state index contributed by atoms with van der Waals surface area (Å²) in [5.41, 5.74) is 6.55. The predicted molar refractivity (Wildman–Crippen MR) is 103 cm³/mol. The molecule has 1 fully saturated rings. The zero-order valence-electron chi connectivity index (χ0n) is 14.6. The van der Waals surface area contributed by atoms with E-state index >= 15 is 0 Å². The van der Waals surface area contributed by atoms with Gasteiger partial charge in [-0.25, -0.2) is 8.42 Å². The van der Waals surface area contributed by atoms with Crippen molar-refractivity contribution in [1.82, 2.24) is 14.6 Å². The summed E-state index contributed by atoms with van der Waals surface area (Å²) in [5.74, 6) is -0.266. The lowest BCUT2D eigenvalue weighted by Gasteiger charge is -2.32. The van der Waals surface area contributed by atoms with Crippen LogP contribution in [-0.2, 0) is 16.6 Å². The van der Waals surface area contributed by atoms with Gasteiger partial charge in [-0.15, -0.1) is 0 Å². The molecule has 0 spiro atoms. The van der Waals surface area contributed by atoms with Crippen LogP contribution in [0.5, 0.6) is 0 Å². The second-order valence-corrected chi connectivity index (χ2v) is 8.65. The van der Waals surface area contributed by atoms with Crippen LogP contribution in [0.4, 0.5) is 0 Å². The molecule has 1 aromatic carbocycles. The first-order chi connectivity index (χ1) is 12.9. The van der Waals surface area contributed by atoms with Crippen LogP contribution in [0, 0.1) is 0 Å². The molecule has 2 heterocycles. The van der Waals surface area contributed by atoms with Gasteiger partial charge >= 0.3 is 0 Å². The minimum absolute atomic E-state index is 0.0310. The first kappa shape index (κ1) is 19.8. The molecule has 0 unspecified atom stereocenters. The molecule has 1 amide bonds. The smallest absolute Gasteiger partial charge is 0.253 e. The average molecular weight is 409 g/mol. The maximum atomic E-state index is 13.1. The van der Waals surface area contributed by atoms with E-state index in [4.69, 9.17) is 17.3 Å². The summed E-state index contributed by atoms with van der Waals surface area (Å²) in [5, 5.41) is 3.22. The molecule has 0 saturated carbocycles. The lowest BCUT2D eigenvalue weighted by atomic mass is 10.1. The highest BCUT2D eigenvalue weighted by Gasteiger charge is 2.32. The van der Waals surface area contributed by atoms with Crippen molar-refractivity contribution in [3.8, 4) is 0 Å². The minimum atomic E-state index is -3.76. The van der Waals surface area contributed by atoms with E-state index in [0.717, 1.165) is 0 Å². The van der Waals surface area contributed by atoms with Gasteiger partial charge < -0.3 is 11.1 Å². The predicted octanol–water partition coefficient (Wildman–Crippen LogP) is 1.78. The van der Waals surface area contributed by atoms with E-state index in [0.29, 0.717) is 35.5 Å². The van der Waals surface area contributed by atoms with Crippen molar-refractivity contribution in [2.24, 2.45) is 5.73 Å². The number of nitrogens with zero attached hydrogens (tertiary/aromatic N) is 2. The van der Waals surface area contributed by atoms with E-state index in [1.165, 1.54) is 16.6 Å². The number of hydrogen-bond acceptors (Lipinski definition) is 5. The summed E-state index contributed by atoms with van der Waals surface area (Å²) >= 11 is 6.11. The van der Waals surface area contributed by atoms with E-state index in [-0.39, 0.29) is 29.9 Å². The van der Waals surface area contributed by atoms with Gasteiger partial charge in [-0.1, -0.05) is 17.7 Å². The molecule has 7 nitrogen and oxygen atoms in total. The lowest BCUT2D eigenvalue weighted by molar-refractivity contribution is 0.0921. The van der Waals surface area contributed by atoms with Gasteiger partial charge in [0.15, 0.2) is 0 Å². The Bertz CT molecular complexity index is 921. The molecule has 27 heavy (non-hydrogen) atoms. The fourth-order valence-electron chi connectivity index (χ4n) is 3.16. The number of aromatic nitrogens is 1. The van der Waals surface area contributed by atoms with Gasteiger partial charge in [0.2, 0.25) is 10.0 Å². The van der Waals surface area contributed by atoms with Crippen molar-refractivity contribution >= 4 is 27.5 Å². The number of pyridine rings is 1. The molecule has 9 heteroatoms. The summed E-state index contributed by atoms with van der Waals surface area (Å²) in [6.45, 7) is 0.617. The van der Waals surface area contributed by atoms with Crippen LogP contribution in [0.1, 0.15) is 28.8 Å². The third kappa shape index (κ3) is 4.30. The number of amides is 1. The van der Waals surface area contributed by atoms with Crippen LogP contribution in [0.15, 0.2) is 47.6 Å². The van der Waals surface area contributed by atoms with Gasteiger partial charge in [0.1, 0.15) is 0 Å². The molecule has 144 valence electrons. The molecule has 3 N–H and O–H groups in total. The summed E-state index contributed by atoms with van der Waals surface area (Å²) in [6.07, 6.45) is 4.42. The fraction of sp³-hybridized carbons (Fsp3) is 0.333. The Labute approximate surface area is 163 Å². The Kier molecular flexibility index (Phi) is 6.11. The molecular formula is C18H21ClN4O3S. The number of sulfonamides is 1. The second kappa shape index (κ2) is 8.35. The van der Waals surface area contributed by atoms with Crippen molar-refractivity contribution in [2.75, 3.05) is 13.1 Å². The van der Waals surface area contributed by atoms with Crippen LogP contribution in [0.2, 0.25) is 5.02 Å². The first-order valence-electron chi connectivity index (χ1n) is 8.62. The quantitative estimate of drug-likeness (QED) is 0.784. The summed E-state index contributed by atoms with van der Waals surface area (Å²) in [6, 6.07) is 7.80. The third-order valence-corrected chi connectivity index (χ3v) is 6.84. The zero-order chi connectivity index (χ0) is 19.4. The highest BCUT2D eigenvalue weighted by molar-refractivity contribution is 7.89.